The van der Waals surface area contributed by atoms with Crippen LogP contribution in [0.1, 0.15) is 23.7 Å². The highest BCUT2D eigenvalue weighted by molar-refractivity contribution is 6.33. The summed E-state index contributed by atoms with van der Waals surface area (Å²) in [6.45, 7) is 6.13. The van der Waals surface area contributed by atoms with E-state index in [9.17, 15) is 9.18 Å². The van der Waals surface area contributed by atoms with Crippen molar-refractivity contribution in [2.45, 2.75) is 19.4 Å². The molecule has 9 heteroatoms. The van der Waals surface area contributed by atoms with Crippen LogP contribution in [0.3, 0.4) is 0 Å². The molecule has 1 aliphatic rings. The van der Waals surface area contributed by atoms with E-state index >= 15 is 0 Å². The van der Waals surface area contributed by atoms with E-state index in [-0.39, 0.29) is 17.8 Å². The molecule has 2 aromatic carbocycles. The van der Waals surface area contributed by atoms with Crippen molar-refractivity contribution in [3.8, 4) is 11.5 Å². The van der Waals surface area contributed by atoms with Gasteiger partial charge in [0.2, 0.25) is 0 Å². The van der Waals surface area contributed by atoms with Crippen molar-refractivity contribution in [3.05, 3.63) is 52.8 Å². The summed E-state index contributed by atoms with van der Waals surface area (Å²) >= 11 is 6.09. The van der Waals surface area contributed by atoms with Crippen molar-refractivity contribution < 1.29 is 23.4 Å². The van der Waals surface area contributed by atoms with Crippen molar-refractivity contribution in [1.82, 2.24) is 10.2 Å². The highest BCUT2D eigenvalue weighted by atomic mass is 35.5. The Balaban J connectivity index is 1.43. The van der Waals surface area contributed by atoms with Crippen LogP contribution in [0.2, 0.25) is 5.02 Å². The number of nitrogens with two attached hydrogens (primary N) is 1. The number of hydrogen-bond donors (Lipinski definition) is 2. The Hall–Kier alpha value is -2.55. The molecule has 1 heterocycles. The minimum Gasteiger partial charge on any atom is -0.494 e. The number of morpholine rings is 1. The van der Waals surface area contributed by atoms with Crippen molar-refractivity contribution in [1.29, 1.82) is 0 Å². The summed E-state index contributed by atoms with van der Waals surface area (Å²) in [5, 5.41) is 3.21. The summed E-state index contributed by atoms with van der Waals surface area (Å²) in [6, 6.07) is 9.08. The molecule has 1 unspecified atom stereocenters. The van der Waals surface area contributed by atoms with Gasteiger partial charge >= 0.3 is 0 Å². The molecule has 0 saturated carbocycles. The Morgan fingerprint density at radius 1 is 1.31 bits per heavy atom. The summed E-state index contributed by atoms with van der Waals surface area (Å²) < 4.78 is 29.9. The van der Waals surface area contributed by atoms with Gasteiger partial charge in [-0.05, 0) is 43.7 Å². The lowest BCUT2D eigenvalue weighted by molar-refractivity contribution is -0.0274. The third-order valence-corrected chi connectivity index (χ3v) is 5.38. The van der Waals surface area contributed by atoms with Gasteiger partial charge in [0.1, 0.15) is 17.3 Å². The number of benzene rings is 2. The minimum absolute atomic E-state index is 0.120. The predicted octanol–water partition coefficient (Wildman–Crippen LogP) is 3.36. The average molecular weight is 466 g/mol. The van der Waals surface area contributed by atoms with Gasteiger partial charge in [-0.2, -0.15) is 0 Å². The number of halogens is 2. The van der Waals surface area contributed by atoms with E-state index in [0.717, 1.165) is 19.5 Å². The van der Waals surface area contributed by atoms with Gasteiger partial charge in [0, 0.05) is 32.2 Å². The zero-order valence-electron chi connectivity index (χ0n) is 18.1. The van der Waals surface area contributed by atoms with Gasteiger partial charge < -0.3 is 25.3 Å². The van der Waals surface area contributed by atoms with Crippen LogP contribution in [0.4, 0.5) is 10.1 Å². The molecule has 0 aliphatic carbocycles. The zero-order chi connectivity index (χ0) is 22.9. The fourth-order valence-corrected chi connectivity index (χ4v) is 3.60. The van der Waals surface area contributed by atoms with Crippen LogP contribution < -0.4 is 20.5 Å². The van der Waals surface area contributed by atoms with Crippen LogP contribution in [0.15, 0.2) is 36.4 Å². The lowest BCUT2D eigenvalue weighted by Crippen LogP contribution is -2.47. The maximum Gasteiger partial charge on any atom is 0.255 e. The second kappa shape index (κ2) is 11.9. The topological polar surface area (TPSA) is 86.0 Å². The molecule has 3 rings (SSSR count). The van der Waals surface area contributed by atoms with Crippen LogP contribution in [0, 0.1) is 5.82 Å². The summed E-state index contributed by atoms with van der Waals surface area (Å²) in [5.74, 6) is 0.489. The quantitative estimate of drug-likeness (QED) is 0.413. The smallest absolute Gasteiger partial charge is 0.255 e. The van der Waals surface area contributed by atoms with Gasteiger partial charge in [0.15, 0.2) is 0 Å². The molecular formula is C23H29ClFN3O4. The molecule has 1 aliphatic heterocycles. The van der Waals surface area contributed by atoms with Gasteiger partial charge in [-0.1, -0.05) is 11.6 Å². The standard InChI is InChI=1S/C23H29ClFN3O4/c1-2-30-22-13-21(26)20(24)12-19(22)23(29)27-14-18-15-28(9-11-32-18)8-3-10-31-17-6-4-16(25)5-7-17/h4-7,12-13,18H,2-3,8-11,14-15,26H2,1H3,(H,27,29). The van der Waals surface area contributed by atoms with E-state index in [1.807, 2.05) is 6.92 Å². The summed E-state index contributed by atoms with van der Waals surface area (Å²) in [6.07, 6.45) is 0.712. The number of nitrogen functional groups attached to an aromatic ring is 1. The summed E-state index contributed by atoms with van der Waals surface area (Å²) in [5.41, 5.74) is 6.53. The van der Waals surface area contributed by atoms with E-state index in [4.69, 9.17) is 31.5 Å². The molecular weight excluding hydrogens is 437 g/mol. The second-order valence-electron chi connectivity index (χ2n) is 7.46. The number of carbonyl (C=O) groups excluding carboxylic acids is 1. The normalized spacial score (nSPS) is 16.5. The molecule has 2 aromatic rings. The van der Waals surface area contributed by atoms with Crippen LogP contribution >= 0.6 is 11.6 Å². The molecule has 174 valence electrons. The van der Waals surface area contributed by atoms with Crippen LogP contribution in [0.25, 0.3) is 0 Å². The number of amides is 1. The van der Waals surface area contributed by atoms with Gasteiger partial charge in [0.05, 0.1) is 42.2 Å². The Kier molecular flexibility index (Phi) is 8.96. The molecule has 1 amide bonds. The Morgan fingerprint density at radius 3 is 2.84 bits per heavy atom. The number of hydrogen-bond acceptors (Lipinski definition) is 6. The summed E-state index contributed by atoms with van der Waals surface area (Å²) in [7, 11) is 0. The van der Waals surface area contributed by atoms with E-state index in [1.165, 1.54) is 18.2 Å². The van der Waals surface area contributed by atoms with E-state index in [0.29, 0.717) is 60.7 Å². The third-order valence-electron chi connectivity index (χ3n) is 5.06. The molecule has 1 fully saturated rings. The highest BCUT2D eigenvalue weighted by Gasteiger charge is 2.22. The molecule has 1 saturated heterocycles. The van der Waals surface area contributed by atoms with Crippen molar-refractivity contribution in [2.24, 2.45) is 0 Å². The van der Waals surface area contributed by atoms with Crippen molar-refractivity contribution >= 4 is 23.2 Å². The number of carbonyl (C=O) groups is 1. The van der Waals surface area contributed by atoms with Crippen LogP contribution in [-0.4, -0.2) is 62.9 Å². The van der Waals surface area contributed by atoms with Gasteiger partial charge in [0.25, 0.3) is 5.91 Å². The Morgan fingerprint density at radius 2 is 2.09 bits per heavy atom. The monoisotopic (exact) mass is 465 g/mol. The van der Waals surface area contributed by atoms with Gasteiger partial charge in [-0.25, -0.2) is 4.39 Å². The number of rotatable bonds is 10. The number of nitrogens with one attached hydrogen (secondary N) is 1. The largest absolute Gasteiger partial charge is 0.494 e. The van der Waals surface area contributed by atoms with Gasteiger partial charge in [-0.3, -0.25) is 9.69 Å². The van der Waals surface area contributed by atoms with Gasteiger partial charge in [-0.15, -0.1) is 0 Å². The summed E-state index contributed by atoms with van der Waals surface area (Å²) in [4.78, 5) is 15.0. The molecule has 0 radical (unpaired) electrons. The lowest BCUT2D eigenvalue weighted by Gasteiger charge is -2.33. The number of ether oxygens (including phenoxy) is 3. The van der Waals surface area contributed by atoms with Crippen LogP contribution in [0.5, 0.6) is 11.5 Å². The van der Waals surface area contributed by atoms with Crippen molar-refractivity contribution in [3.63, 3.8) is 0 Å². The predicted molar refractivity (Wildman–Crippen MR) is 122 cm³/mol. The Labute approximate surface area is 192 Å². The molecule has 1 atom stereocenters. The first-order chi connectivity index (χ1) is 15.5. The minimum atomic E-state index is -0.288. The van der Waals surface area contributed by atoms with Crippen molar-refractivity contribution in [2.75, 3.05) is 51.7 Å². The first kappa shape index (κ1) is 24.1. The van der Waals surface area contributed by atoms with E-state index in [2.05, 4.69) is 10.2 Å². The average Bonchev–Trinajstić information content (AvgIpc) is 2.79. The fraction of sp³-hybridized carbons (Fsp3) is 0.435. The van der Waals surface area contributed by atoms with E-state index in [1.54, 1.807) is 18.2 Å². The molecule has 0 aromatic heterocycles. The first-order valence-electron chi connectivity index (χ1n) is 10.7. The third kappa shape index (κ3) is 6.98. The first-order valence-corrected chi connectivity index (χ1v) is 11.1. The molecule has 7 nitrogen and oxygen atoms in total. The van der Waals surface area contributed by atoms with Crippen LogP contribution in [-0.2, 0) is 4.74 Å². The maximum atomic E-state index is 12.9. The molecule has 0 bridgehead atoms. The number of nitrogens with zero attached hydrogens (tertiary/aromatic N) is 1. The second-order valence-corrected chi connectivity index (χ2v) is 7.87. The molecule has 3 N–H and O–H groups in total. The molecule has 0 spiro atoms. The number of anilines is 1. The molecule has 32 heavy (non-hydrogen) atoms. The fourth-order valence-electron chi connectivity index (χ4n) is 3.44. The SMILES string of the molecule is CCOc1cc(N)c(Cl)cc1C(=O)NCC1CN(CCCOc2ccc(F)cc2)CCO1. The lowest BCUT2D eigenvalue weighted by atomic mass is 10.1. The highest BCUT2D eigenvalue weighted by Crippen LogP contribution is 2.29. The zero-order valence-corrected chi connectivity index (χ0v) is 18.9. The van der Waals surface area contributed by atoms with E-state index < -0.39 is 0 Å². The Bertz CT molecular complexity index is 898. The maximum absolute atomic E-state index is 12.9.